The van der Waals surface area contributed by atoms with Gasteiger partial charge in [-0.15, -0.1) is 0 Å². The van der Waals surface area contributed by atoms with Crippen molar-refractivity contribution >= 4 is 5.97 Å². The van der Waals surface area contributed by atoms with Crippen LogP contribution in [0.2, 0.25) is 0 Å². The minimum absolute atomic E-state index is 0.196. The lowest BCUT2D eigenvalue weighted by Gasteiger charge is -2.44. The van der Waals surface area contributed by atoms with Gasteiger partial charge in [-0.05, 0) is 56.8 Å². The summed E-state index contributed by atoms with van der Waals surface area (Å²) in [4.78, 5) is 23.3. The highest BCUT2D eigenvalue weighted by Crippen LogP contribution is 2.41. The smallest absolute Gasteiger partial charge is 0.308 e. The van der Waals surface area contributed by atoms with Crippen LogP contribution in [-0.4, -0.2) is 24.8 Å². The van der Waals surface area contributed by atoms with E-state index in [0.29, 0.717) is 17.8 Å². The summed E-state index contributed by atoms with van der Waals surface area (Å²) in [6, 6.07) is 0. The minimum atomic E-state index is -0.235. The average Bonchev–Trinajstić information content (AvgIpc) is 2.62. The molecule has 1 heterocycles. The van der Waals surface area contributed by atoms with Crippen LogP contribution in [0, 0.1) is 17.8 Å². The van der Waals surface area contributed by atoms with Crippen LogP contribution in [-0.2, 0) is 19.3 Å². The average molecular weight is 355 g/mol. The van der Waals surface area contributed by atoms with Gasteiger partial charge in [0.05, 0.1) is 13.5 Å². The van der Waals surface area contributed by atoms with Crippen LogP contribution in [0.1, 0.15) is 79.6 Å². The maximum atomic E-state index is 11.6. The topological polar surface area (TPSA) is 44.8 Å². The third-order valence-electron chi connectivity index (χ3n) is 5.69. The highest BCUT2D eigenvalue weighted by molar-refractivity contribution is 5.69. The van der Waals surface area contributed by atoms with E-state index in [0.717, 1.165) is 25.7 Å². The van der Waals surface area contributed by atoms with Crippen LogP contribution >= 0.6 is 0 Å². The Kier molecular flexibility index (Phi) is 9.73. The van der Waals surface area contributed by atoms with Gasteiger partial charge in [0, 0.05) is 0 Å². The van der Waals surface area contributed by atoms with Crippen molar-refractivity contribution in [1.29, 1.82) is 0 Å². The van der Waals surface area contributed by atoms with Crippen LogP contribution in [0.3, 0.4) is 0 Å². The number of hydrogen-bond acceptors (Lipinski definition) is 4. The molecule has 5 unspecified atom stereocenters. The molecule has 146 valence electrons. The van der Waals surface area contributed by atoms with Crippen molar-refractivity contribution in [2.45, 2.75) is 91.3 Å². The maximum Gasteiger partial charge on any atom is 0.308 e. The quantitative estimate of drug-likeness (QED) is 0.297. The Morgan fingerprint density at radius 3 is 2.60 bits per heavy atom. The van der Waals surface area contributed by atoms with Crippen molar-refractivity contribution < 1.29 is 19.3 Å². The molecule has 4 heteroatoms. The molecule has 25 heavy (non-hydrogen) atoms. The molecule has 0 aliphatic carbocycles. The Balaban J connectivity index is 2.71. The Morgan fingerprint density at radius 1 is 1.36 bits per heavy atom. The van der Waals surface area contributed by atoms with Gasteiger partial charge in [-0.25, -0.2) is 9.78 Å². The highest BCUT2D eigenvalue weighted by Gasteiger charge is 2.43. The molecule has 0 radical (unpaired) electrons. The van der Waals surface area contributed by atoms with E-state index in [4.69, 9.17) is 14.5 Å². The van der Waals surface area contributed by atoms with E-state index in [1.165, 1.54) is 20.0 Å². The predicted molar refractivity (Wildman–Crippen MR) is 101 cm³/mol. The third-order valence-corrected chi connectivity index (χ3v) is 5.69. The molecule has 0 amide bonds. The van der Waals surface area contributed by atoms with E-state index in [-0.39, 0.29) is 24.1 Å². The molecule has 1 fully saturated rings. The van der Waals surface area contributed by atoms with Crippen LogP contribution in [0.4, 0.5) is 0 Å². The van der Waals surface area contributed by atoms with Crippen LogP contribution in [0.15, 0.2) is 12.2 Å². The molecule has 1 saturated heterocycles. The zero-order chi connectivity index (χ0) is 18.9. The van der Waals surface area contributed by atoms with E-state index in [9.17, 15) is 4.79 Å². The lowest BCUT2D eigenvalue weighted by atomic mass is 9.76. The number of hydrogen-bond donors (Lipinski definition) is 0. The summed E-state index contributed by atoms with van der Waals surface area (Å²) in [7, 11) is 1.42. The Morgan fingerprint density at radius 2 is 2.08 bits per heavy atom. The summed E-state index contributed by atoms with van der Waals surface area (Å²) in [5.74, 6) is 1.30. The van der Waals surface area contributed by atoms with Crippen molar-refractivity contribution in [1.82, 2.24) is 0 Å². The normalized spacial score (nSPS) is 29.5. The second-order valence-corrected chi connectivity index (χ2v) is 7.65. The summed E-state index contributed by atoms with van der Waals surface area (Å²) in [5, 5.41) is 0. The molecule has 1 rings (SSSR count). The first-order chi connectivity index (χ1) is 11.9. The molecule has 1 aliphatic heterocycles. The molecule has 4 nitrogen and oxygen atoms in total. The fraction of sp³-hybridized carbons (Fsp3) is 0.857. The first kappa shape index (κ1) is 22.2. The van der Waals surface area contributed by atoms with Gasteiger partial charge >= 0.3 is 5.97 Å². The molecule has 0 spiro atoms. The van der Waals surface area contributed by atoms with E-state index in [2.05, 4.69) is 46.8 Å². The number of allylic oxidation sites excluding steroid dienone is 2. The molecule has 5 atom stereocenters. The van der Waals surface area contributed by atoms with Gasteiger partial charge in [-0.1, -0.05) is 46.3 Å². The van der Waals surface area contributed by atoms with Crippen LogP contribution in [0.5, 0.6) is 0 Å². The SMILES string of the molecule is CC=CC(CC)CC(C)CC1(CC)CC(CC)C(CC(=O)OC)OO1. The minimum Gasteiger partial charge on any atom is -0.469 e. The number of carbonyl (C=O) groups excluding carboxylic acids is 1. The summed E-state index contributed by atoms with van der Waals surface area (Å²) in [5.41, 5.74) is -0.235. The number of esters is 1. The lowest BCUT2D eigenvalue weighted by molar-refractivity contribution is -0.424. The highest BCUT2D eigenvalue weighted by atomic mass is 17.2. The van der Waals surface area contributed by atoms with Crippen molar-refractivity contribution in [2.75, 3.05) is 7.11 Å². The van der Waals surface area contributed by atoms with Gasteiger partial charge in [0.15, 0.2) is 0 Å². The zero-order valence-corrected chi connectivity index (χ0v) is 17.0. The first-order valence-corrected chi connectivity index (χ1v) is 9.97. The third kappa shape index (κ3) is 6.74. The number of ether oxygens (including phenoxy) is 1. The van der Waals surface area contributed by atoms with E-state index < -0.39 is 0 Å². The van der Waals surface area contributed by atoms with Gasteiger partial charge in [-0.3, -0.25) is 4.79 Å². The molecule has 0 bridgehead atoms. The fourth-order valence-electron chi connectivity index (χ4n) is 4.09. The molecule has 0 aromatic rings. The molecule has 0 saturated carbocycles. The maximum absolute atomic E-state index is 11.6. The summed E-state index contributed by atoms with van der Waals surface area (Å²) in [6.07, 6.45) is 10.7. The second kappa shape index (κ2) is 11.0. The van der Waals surface area contributed by atoms with Crippen molar-refractivity contribution in [3.05, 3.63) is 12.2 Å². The monoisotopic (exact) mass is 354 g/mol. The molecular formula is C21H38O4. The fourth-order valence-corrected chi connectivity index (χ4v) is 4.09. The Hall–Kier alpha value is -0.870. The molecule has 0 aromatic carbocycles. The van der Waals surface area contributed by atoms with E-state index in [1.807, 2.05) is 0 Å². The number of methoxy groups -OCH3 is 1. The van der Waals surface area contributed by atoms with Gasteiger partial charge in [0.25, 0.3) is 0 Å². The van der Waals surface area contributed by atoms with Gasteiger partial charge < -0.3 is 4.74 Å². The molecule has 1 aliphatic rings. The van der Waals surface area contributed by atoms with Gasteiger partial charge in [-0.2, -0.15) is 0 Å². The Labute approximate surface area is 154 Å². The summed E-state index contributed by atoms with van der Waals surface area (Å²) in [6.45, 7) is 11.0. The second-order valence-electron chi connectivity index (χ2n) is 7.65. The lowest BCUT2D eigenvalue weighted by Crippen LogP contribution is -2.46. The first-order valence-electron chi connectivity index (χ1n) is 9.97. The van der Waals surface area contributed by atoms with Crippen molar-refractivity contribution in [3.8, 4) is 0 Å². The van der Waals surface area contributed by atoms with Crippen molar-refractivity contribution in [3.63, 3.8) is 0 Å². The summed E-state index contributed by atoms with van der Waals surface area (Å²) >= 11 is 0. The molecule has 0 aromatic heterocycles. The van der Waals surface area contributed by atoms with Crippen molar-refractivity contribution in [2.24, 2.45) is 17.8 Å². The van der Waals surface area contributed by atoms with E-state index in [1.54, 1.807) is 0 Å². The van der Waals surface area contributed by atoms with Gasteiger partial charge in [0.2, 0.25) is 0 Å². The van der Waals surface area contributed by atoms with Crippen LogP contribution in [0.25, 0.3) is 0 Å². The number of rotatable bonds is 10. The largest absolute Gasteiger partial charge is 0.469 e. The molecular weight excluding hydrogens is 316 g/mol. The van der Waals surface area contributed by atoms with Gasteiger partial charge in [0.1, 0.15) is 11.7 Å². The predicted octanol–water partition coefficient (Wildman–Crippen LogP) is 5.46. The summed E-state index contributed by atoms with van der Waals surface area (Å²) < 4.78 is 4.79. The molecule has 0 N–H and O–H groups in total. The zero-order valence-electron chi connectivity index (χ0n) is 17.0. The van der Waals surface area contributed by atoms with E-state index >= 15 is 0 Å². The van der Waals surface area contributed by atoms with Crippen LogP contribution < -0.4 is 0 Å². The number of carbonyl (C=O) groups is 1. The Bertz CT molecular complexity index is 420. The standard InChI is InChI=1S/C21H38O4/c1-7-11-17(8-2)12-16(5)14-21(10-4)15-18(9-3)19(24-25-21)13-20(22)23-6/h7,11,16-19H,8-10,12-15H2,1-6H3.